The van der Waals surface area contributed by atoms with Gasteiger partial charge in [-0.3, -0.25) is 9.67 Å². The van der Waals surface area contributed by atoms with Crippen molar-refractivity contribution in [2.24, 2.45) is 7.05 Å². The molecule has 0 saturated heterocycles. The summed E-state index contributed by atoms with van der Waals surface area (Å²) in [7, 11) is -1.75. The third-order valence-corrected chi connectivity index (χ3v) is 4.95. The zero-order valence-corrected chi connectivity index (χ0v) is 14.4. The van der Waals surface area contributed by atoms with Crippen LogP contribution in [0.4, 0.5) is 4.39 Å². The average molecular weight is 360 g/mol. The van der Waals surface area contributed by atoms with Crippen LogP contribution >= 0.6 is 0 Å². The summed E-state index contributed by atoms with van der Waals surface area (Å²) in [5.74, 6) is -0.608. The van der Waals surface area contributed by atoms with E-state index in [2.05, 4.69) is 14.8 Å². The topological polar surface area (TPSA) is 76.9 Å². The second-order valence-corrected chi connectivity index (χ2v) is 7.39. The highest BCUT2D eigenvalue weighted by Crippen LogP contribution is 2.18. The molecule has 0 aliphatic heterocycles. The Morgan fingerprint density at radius 1 is 1.12 bits per heavy atom. The van der Waals surface area contributed by atoms with Crippen molar-refractivity contribution in [3.8, 4) is 11.3 Å². The smallest absolute Gasteiger partial charge is 0.216 e. The Hall–Kier alpha value is -2.58. The van der Waals surface area contributed by atoms with E-state index < -0.39 is 15.8 Å². The number of benzene rings is 1. The number of sulfonamides is 1. The second-order valence-electron chi connectivity index (χ2n) is 5.59. The zero-order valence-electron chi connectivity index (χ0n) is 13.6. The summed E-state index contributed by atoms with van der Waals surface area (Å²) in [6.07, 6.45) is 3.38. The van der Waals surface area contributed by atoms with Crippen molar-refractivity contribution >= 4 is 10.0 Å². The lowest BCUT2D eigenvalue weighted by atomic mass is 10.2. The molecule has 0 radical (unpaired) electrons. The van der Waals surface area contributed by atoms with Gasteiger partial charge in [0.2, 0.25) is 10.0 Å². The van der Waals surface area contributed by atoms with E-state index in [1.54, 1.807) is 24.1 Å². The molecule has 0 saturated carbocycles. The summed E-state index contributed by atoms with van der Waals surface area (Å²) in [4.78, 5) is 3.98. The molecule has 3 rings (SSSR count). The first-order valence-corrected chi connectivity index (χ1v) is 9.23. The maximum atomic E-state index is 12.9. The number of hydrogen-bond donors (Lipinski definition) is 1. The summed E-state index contributed by atoms with van der Waals surface area (Å²) in [5, 5.41) is 4.33. The number of rotatable bonds is 6. The lowest BCUT2D eigenvalue weighted by Crippen LogP contribution is -2.25. The number of nitrogens with zero attached hydrogens (tertiary/aromatic N) is 3. The van der Waals surface area contributed by atoms with Gasteiger partial charge in [0.05, 0.1) is 23.7 Å². The van der Waals surface area contributed by atoms with E-state index in [4.69, 9.17) is 0 Å². The largest absolute Gasteiger partial charge is 0.268 e. The Morgan fingerprint density at radius 3 is 2.48 bits per heavy atom. The van der Waals surface area contributed by atoms with Crippen molar-refractivity contribution in [2.75, 3.05) is 0 Å². The van der Waals surface area contributed by atoms with Crippen LogP contribution in [0.1, 0.15) is 11.3 Å². The molecule has 3 aromatic rings. The van der Waals surface area contributed by atoms with Crippen LogP contribution < -0.4 is 4.72 Å². The number of pyridine rings is 1. The van der Waals surface area contributed by atoms with Crippen molar-refractivity contribution < 1.29 is 12.8 Å². The molecule has 0 atom stereocenters. The first kappa shape index (κ1) is 17.2. The Labute approximate surface area is 145 Å². The minimum atomic E-state index is -3.55. The van der Waals surface area contributed by atoms with Gasteiger partial charge in [-0.1, -0.05) is 12.1 Å². The van der Waals surface area contributed by atoms with E-state index in [1.807, 2.05) is 18.2 Å². The molecule has 0 spiro atoms. The quantitative estimate of drug-likeness (QED) is 0.731. The fraction of sp³-hybridized carbons (Fsp3) is 0.176. The highest BCUT2D eigenvalue weighted by atomic mass is 32.2. The van der Waals surface area contributed by atoms with Crippen molar-refractivity contribution in [1.29, 1.82) is 0 Å². The van der Waals surface area contributed by atoms with Gasteiger partial charge in [-0.05, 0) is 35.9 Å². The van der Waals surface area contributed by atoms with Gasteiger partial charge in [-0.2, -0.15) is 5.10 Å². The first-order valence-electron chi connectivity index (χ1n) is 7.58. The van der Waals surface area contributed by atoms with Crippen molar-refractivity contribution in [3.63, 3.8) is 0 Å². The first-order chi connectivity index (χ1) is 11.9. The lowest BCUT2D eigenvalue weighted by molar-refractivity contribution is 0.578. The highest BCUT2D eigenvalue weighted by molar-refractivity contribution is 7.88. The van der Waals surface area contributed by atoms with E-state index >= 15 is 0 Å². The van der Waals surface area contributed by atoms with Crippen LogP contribution in [0, 0.1) is 5.82 Å². The van der Waals surface area contributed by atoms with Gasteiger partial charge < -0.3 is 0 Å². The molecule has 0 amide bonds. The van der Waals surface area contributed by atoms with Crippen LogP contribution in [0.3, 0.4) is 0 Å². The molecular weight excluding hydrogens is 343 g/mol. The average Bonchev–Trinajstić information content (AvgIpc) is 2.97. The number of aryl methyl sites for hydroxylation is 1. The number of halogens is 1. The molecule has 0 bridgehead atoms. The Kier molecular flexibility index (Phi) is 4.91. The summed E-state index contributed by atoms with van der Waals surface area (Å²) < 4.78 is 41.4. The van der Waals surface area contributed by atoms with E-state index in [0.29, 0.717) is 11.3 Å². The standard InChI is InChI=1S/C17H17FN4O2S/c1-22-17(14-6-8-19-9-7-14)10-16(21-22)11-20-25(23,24)12-13-2-4-15(18)5-3-13/h2-10,20H,11-12H2,1H3. The van der Waals surface area contributed by atoms with Gasteiger partial charge in [0.15, 0.2) is 0 Å². The van der Waals surface area contributed by atoms with E-state index in [0.717, 1.165) is 11.3 Å². The maximum Gasteiger partial charge on any atom is 0.216 e. The molecule has 0 unspecified atom stereocenters. The molecule has 1 N–H and O–H groups in total. The van der Waals surface area contributed by atoms with Crippen LogP contribution in [-0.2, 0) is 29.4 Å². The predicted octanol–water partition coefficient (Wildman–Crippen LogP) is 2.24. The normalized spacial score (nSPS) is 11.6. The summed E-state index contributed by atoms with van der Waals surface area (Å²) >= 11 is 0. The van der Waals surface area contributed by atoms with Crippen molar-refractivity contribution in [1.82, 2.24) is 19.5 Å². The molecule has 2 heterocycles. The molecule has 0 aliphatic rings. The number of hydrogen-bond acceptors (Lipinski definition) is 4. The molecule has 0 aliphatic carbocycles. The van der Waals surface area contributed by atoms with Gasteiger partial charge in [0, 0.05) is 25.0 Å². The van der Waals surface area contributed by atoms with Gasteiger partial charge in [0.1, 0.15) is 5.82 Å². The fourth-order valence-electron chi connectivity index (χ4n) is 2.44. The number of nitrogens with one attached hydrogen (secondary N) is 1. The van der Waals surface area contributed by atoms with E-state index in [1.165, 1.54) is 24.3 Å². The predicted molar refractivity (Wildman–Crippen MR) is 92.3 cm³/mol. The van der Waals surface area contributed by atoms with Crippen molar-refractivity contribution in [3.05, 3.63) is 71.9 Å². The molecular formula is C17H17FN4O2S. The Morgan fingerprint density at radius 2 is 1.80 bits per heavy atom. The third-order valence-electron chi connectivity index (χ3n) is 3.65. The van der Waals surface area contributed by atoms with Crippen LogP contribution in [0.25, 0.3) is 11.3 Å². The van der Waals surface area contributed by atoms with Gasteiger partial charge in [-0.25, -0.2) is 17.5 Å². The summed E-state index contributed by atoms with van der Waals surface area (Å²) in [6.45, 7) is 0.0858. The molecule has 0 fully saturated rings. The van der Waals surface area contributed by atoms with Crippen molar-refractivity contribution in [2.45, 2.75) is 12.3 Å². The summed E-state index contributed by atoms with van der Waals surface area (Å²) in [6, 6.07) is 10.9. The zero-order chi connectivity index (χ0) is 17.9. The second kappa shape index (κ2) is 7.12. The van der Waals surface area contributed by atoms with E-state index in [9.17, 15) is 12.8 Å². The monoisotopic (exact) mass is 360 g/mol. The van der Waals surface area contributed by atoms with Crippen LogP contribution in [0.2, 0.25) is 0 Å². The molecule has 2 aromatic heterocycles. The van der Waals surface area contributed by atoms with Crippen LogP contribution in [0.5, 0.6) is 0 Å². The Balaban J connectivity index is 1.68. The van der Waals surface area contributed by atoms with Gasteiger partial charge in [0.25, 0.3) is 0 Å². The van der Waals surface area contributed by atoms with Crippen LogP contribution in [0.15, 0.2) is 54.9 Å². The molecule has 130 valence electrons. The molecule has 8 heteroatoms. The third kappa shape index (κ3) is 4.49. The SMILES string of the molecule is Cn1nc(CNS(=O)(=O)Cc2ccc(F)cc2)cc1-c1ccncc1. The minimum Gasteiger partial charge on any atom is -0.268 e. The Bertz CT molecular complexity index is 954. The highest BCUT2D eigenvalue weighted by Gasteiger charge is 2.14. The van der Waals surface area contributed by atoms with Gasteiger partial charge >= 0.3 is 0 Å². The van der Waals surface area contributed by atoms with E-state index in [-0.39, 0.29) is 12.3 Å². The molecule has 25 heavy (non-hydrogen) atoms. The number of aromatic nitrogens is 3. The lowest BCUT2D eigenvalue weighted by Gasteiger charge is -2.05. The molecule has 1 aromatic carbocycles. The minimum absolute atomic E-state index is 0.0858. The molecule has 6 nitrogen and oxygen atoms in total. The fourth-order valence-corrected chi connectivity index (χ4v) is 3.54. The summed E-state index contributed by atoms with van der Waals surface area (Å²) in [5.41, 5.74) is 2.95. The van der Waals surface area contributed by atoms with Gasteiger partial charge in [-0.15, -0.1) is 0 Å². The van der Waals surface area contributed by atoms with Crippen LogP contribution in [-0.4, -0.2) is 23.2 Å². The maximum absolute atomic E-state index is 12.9.